The molecule has 4 bridgehead atoms. The first-order valence-electron chi connectivity index (χ1n) is 11.0. The Balaban J connectivity index is 1.95. The summed E-state index contributed by atoms with van der Waals surface area (Å²) in [6.07, 6.45) is 13.5. The predicted octanol–water partition coefficient (Wildman–Crippen LogP) is 6.52. The van der Waals surface area contributed by atoms with Crippen LogP contribution in [0.25, 0.3) is 0 Å². The van der Waals surface area contributed by atoms with Gasteiger partial charge in [0.1, 0.15) is 5.60 Å². The number of carbonyl (C=O) groups excluding carboxylic acids is 1. The van der Waals surface area contributed by atoms with Crippen LogP contribution in [0, 0.1) is 28.6 Å². The van der Waals surface area contributed by atoms with Gasteiger partial charge in [0, 0.05) is 5.41 Å². The molecule has 4 aliphatic rings. The Morgan fingerprint density at radius 1 is 0.920 bits per heavy atom. The average molecular weight is 349 g/mol. The summed E-state index contributed by atoms with van der Waals surface area (Å²) in [7, 11) is 0. The zero-order valence-electron chi connectivity index (χ0n) is 17.3. The van der Waals surface area contributed by atoms with Gasteiger partial charge in [-0.25, -0.2) is 0 Å². The zero-order chi connectivity index (χ0) is 18.3. The van der Waals surface area contributed by atoms with E-state index in [2.05, 4.69) is 34.6 Å². The molecule has 0 aromatic heterocycles. The van der Waals surface area contributed by atoms with Crippen LogP contribution in [0.15, 0.2) is 0 Å². The van der Waals surface area contributed by atoms with Gasteiger partial charge in [-0.05, 0) is 89.4 Å². The Morgan fingerprint density at radius 3 is 1.72 bits per heavy atom. The highest BCUT2D eigenvalue weighted by Gasteiger charge is 2.61. The van der Waals surface area contributed by atoms with E-state index >= 15 is 0 Å². The van der Waals surface area contributed by atoms with Gasteiger partial charge in [0.15, 0.2) is 0 Å². The molecule has 0 unspecified atom stereocenters. The summed E-state index contributed by atoms with van der Waals surface area (Å²) in [6.45, 7) is 10.7. The van der Waals surface area contributed by atoms with Gasteiger partial charge in [-0.15, -0.1) is 0 Å². The Hall–Kier alpha value is -0.530. The van der Waals surface area contributed by atoms with Crippen LogP contribution in [0.5, 0.6) is 0 Å². The first-order valence-corrected chi connectivity index (χ1v) is 11.0. The third kappa shape index (κ3) is 3.28. The predicted molar refractivity (Wildman–Crippen MR) is 103 cm³/mol. The van der Waals surface area contributed by atoms with Crippen LogP contribution in [-0.2, 0) is 9.53 Å². The van der Waals surface area contributed by atoms with Crippen molar-refractivity contribution in [3.05, 3.63) is 0 Å². The quantitative estimate of drug-likeness (QED) is 0.467. The van der Waals surface area contributed by atoms with Crippen LogP contribution < -0.4 is 0 Å². The molecule has 4 rings (SSSR count). The van der Waals surface area contributed by atoms with Crippen LogP contribution >= 0.6 is 0 Å². The fourth-order valence-electron chi connectivity index (χ4n) is 6.80. The maximum absolute atomic E-state index is 13.1. The van der Waals surface area contributed by atoms with Gasteiger partial charge < -0.3 is 4.74 Å². The van der Waals surface area contributed by atoms with Gasteiger partial charge in [0.25, 0.3) is 0 Å². The summed E-state index contributed by atoms with van der Waals surface area (Å²) in [4.78, 5) is 13.1. The first kappa shape index (κ1) is 19.2. The molecule has 0 aromatic carbocycles. The van der Waals surface area contributed by atoms with Crippen molar-refractivity contribution in [2.75, 3.05) is 0 Å². The second-order valence-electron chi connectivity index (χ2n) is 10.3. The molecule has 25 heavy (non-hydrogen) atoms. The van der Waals surface area contributed by atoms with Gasteiger partial charge in [-0.1, -0.05) is 33.6 Å². The molecule has 0 aromatic rings. The topological polar surface area (TPSA) is 26.3 Å². The van der Waals surface area contributed by atoms with Crippen LogP contribution in [0.1, 0.15) is 105 Å². The van der Waals surface area contributed by atoms with E-state index in [1.54, 1.807) is 0 Å². The van der Waals surface area contributed by atoms with E-state index in [4.69, 9.17) is 4.74 Å². The molecule has 144 valence electrons. The van der Waals surface area contributed by atoms with E-state index in [-0.39, 0.29) is 22.4 Å². The molecule has 0 amide bonds. The third-order valence-corrected chi connectivity index (χ3v) is 8.04. The highest BCUT2D eigenvalue weighted by Crippen LogP contribution is 2.66. The van der Waals surface area contributed by atoms with E-state index in [0.29, 0.717) is 0 Å². The molecule has 4 aliphatic carbocycles. The van der Waals surface area contributed by atoms with Crippen molar-refractivity contribution < 1.29 is 9.53 Å². The summed E-state index contributed by atoms with van der Waals surface area (Å²) in [5.41, 5.74) is -0.307. The van der Waals surface area contributed by atoms with Crippen LogP contribution in [0.4, 0.5) is 0 Å². The van der Waals surface area contributed by atoms with E-state index in [1.807, 2.05) is 0 Å². The molecule has 2 heteroatoms. The maximum Gasteiger partial charge on any atom is 0.312 e. The molecule has 0 N–H and O–H groups in total. The molecule has 0 aliphatic heterocycles. The van der Waals surface area contributed by atoms with Gasteiger partial charge in [-0.2, -0.15) is 0 Å². The highest BCUT2D eigenvalue weighted by atomic mass is 16.6. The average Bonchev–Trinajstić information content (AvgIpc) is 2.53. The Morgan fingerprint density at radius 2 is 1.36 bits per heavy atom. The van der Waals surface area contributed by atoms with Crippen molar-refractivity contribution in [1.82, 2.24) is 0 Å². The minimum Gasteiger partial charge on any atom is -0.458 e. The zero-order valence-corrected chi connectivity index (χ0v) is 17.3. The van der Waals surface area contributed by atoms with E-state index < -0.39 is 0 Å². The summed E-state index contributed by atoms with van der Waals surface area (Å²) < 4.78 is 6.62. The monoisotopic (exact) mass is 348 g/mol. The van der Waals surface area contributed by atoms with E-state index in [0.717, 1.165) is 49.9 Å². The van der Waals surface area contributed by atoms with Crippen LogP contribution in [-0.4, -0.2) is 11.6 Å². The minimum atomic E-state index is -0.366. The Bertz CT molecular complexity index is 449. The number of esters is 1. The van der Waals surface area contributed by atoms with Gasteiger partial charge in [-0.3, -0.25) is 4.79 Å². The second-order valence-corrected chi connectivity index (χ2v) is 10.3. The smallest absolute Gasteiger partial charge is 0.312 e. The maximum atomic E-state index is 13.1. The molecular formula is C23H40O2. The van der Waals surface area contributed by atoms with Crippen molar-refractivity contribution in [2.24, 2.45) is 28.6 Å². The highest BCUT2D eigenvalue weighted by molar-refractivity contribution is 5.76. The SMILES string of the molecule is CCCC(CCC)(OC(=O)C(C)(C)CC)C12CC3CC(CC(C3)C1)C2. The lowest BCUT2D eigenvalue weighted by Crippen LogP contribution is -2.60. The van der Waals surface area contributed by atoms with Crippen LogP contribution in [0.2, 0.25) is 0 Å². The van der Waals surface area contributed by atoms with Gasteiger partial charge >= 0.3 is 5.97 Å². The van der Waals surface area contributed by atoms with Gasteiger partial charge in [0.2, 0.25) is 0 Å². The molecule has 0 saturated heterocycles. The third-order valence-electron chi connectivity index (χ3n) is 8.04. The lowest BCUT2D eigenvalue weighted by atomic mass is 9.44. The van der Waals surface area contributed by atoms with Crippen molar-refractivity contribution in [1.29, 1.82) is 0 Å². The number of hydrogen-bond acceptors (Lipinski definition) is 2. The minimum absolute atomic E-state index is 0.0487. The number of rotatable bonds is 8. The summed E-state index contributed by atoms with van der Waals surface area (Å²) in [5, 5.41) is 0. The number of hydrogen-bond donors (Lipinski definition) is 0. The summed E-state index contributed by atoms with van der Waals surface area (Å²) >= 11 is 0. The normalized spacial score (nSPS) is 34.4. The molecule has 4 saturated carbocycles. The fraction of sp³-hybridized carbons (Fsp3) is 0.957. The van der Waals surface area contributed by atoms with Crippen LogP contribution in [0.3, 0.4) is 0 Å². The van der Waals surface area contributed by atoms with Crippen molar-refractivity contribution in [3.8, 4) is 0 Å². The fourth-order valence-corrected chi connectivity index (χ4v) is 6.80. The molecule has 2 nitrogen and oxygen atoms in total. The first-order chi connectivity index (χ1) is 11.8. The molecule has 4 fully saturated rings. The Kier molecular flexibility index (Phi) is 5.30. The van der Waals surface area contributed by atoms with E-state index in [9.17, 15) is 4.79 Å². The van der Waals surface area contributed by atoms with Crippen molar-refractivity contribution >= 4 is 5.97 Å². The number of carbonyl (C=O) groups is 1. The van der Waals surface area contributed by atoms with E-state index in [1.165, 1.54) is 38.5 Å². The molecule has 0 spiro atoms. The Labute approximate surface area is 155 Å². The number of ether oxygens (including phenoxy) is 1. The van der Waals surface area contributed by atoms with Crippen molar-refractivity contribution in [2.45, 2.75) is 111 Å². The van der Waals surface area contributed by atoms with Gasteiger partial charge in [0.05, 0.1) is 5.41 Å². The van der Waals surface area contributed by atoms with Crippen molar-refractivity contribution in [3.63, 3.8) is 0 Å². The molecule has 0 radical (unpaired) electrons. The molecule has 0 atom stereocenters. The summed E-state index contributed by atoms with van der Waals surface area (Å²) in [6, 6.07) is 0. The lowest BCUT2D eigenvalue weighted by molar-refractivity contribution is -0.221. The lowest BCUT2D eigenvalue weighted by Gasteiger charge is -2.63. The second kappa shape index (κ2) is 6.89. The standard InChI is InChI=1S/C23H40O2/c1-6-9-23(10-7-2,25-20(24)21(4,5)8-3)22-14-17-11-18(15-22)13-19(12-17)16-22/h17-19H,6-16H2,1-5H3. The molecule has 0 heterocycles. The largest absolute Gasteiger partial charge is 0.458 e. The molecular weight excluding hydrogens is 308 g/mol. The summed E-state index contributed by atoms with van der Waals surface area (Å²) in [5.74, 6) is 2.75.